The second kappa shape index (κ2) is 9.44. The van der Waals surface area contributed by atoms with E-state index in [1.165, 1.54) is 12.8 Å². The van der Waals surface area contributed by atoms with Gasteiger partial charge in [0.2, 0.25) is 0 Å². The minimum absolute atomic E-state index is 0.352. The molecule has 0 amide bonds. The van der Waals surface area contributed by atoms with Crippen LogP contribution in [-0.2, 0) is 13.1 Å². The van der Waals surface area contributed by atoms with Crippen LogP contribution in [-0.4, -0.2) is 24.3 Å². The SMILES string of the molecule is CN=C(NCc1cc(C(C)C)no1)NCc1ccccc1OC1CCCC1. The van der Waals surface area contributed by atoms with Gasteiger partial charge in [-0.1, -0.05) is 37.2 Å². The molecule has 1 fully saturated rings. The molecule has 1 aromatic carbocycles. The van der Waals surface area contributed by atoms with Crippen LogP contribution in [0.1, 0.15) is 62.5 Å². The number of ether oxygens (including phenoxy) is 1. The summed E-state index contributed by atoms with van der Waals surface area (Å²) in [4.78, 5) is 4.28. The molecule has 6 heteroatoms. The lowest BCUT2D eigenvalue weighted by atomic mass is 10.1. The fourth-order valence-corrected chi connectivity index (χ4v) is 3.21. The van der Waals surface area contributed by atoms with Gasteiger partial charge in [0.15, 0.2) is 11.7 Å². The average molecular weight is 370 g/mol. The standard InChI is InChI=1S/C21H30N4O2/c1-15(2)19-12-18(27-25-19)14-24-21(22-3)23-13-16-8-4-7-11-20(16)26-17-9-5-6-10-17/h4,7-8,11-12,15,17H,5-6,9-10,13-14H2,1-3H3,(H2,22,23,24). The van der Waals surface area contributed by atoms with E-state index >= 15 is 0 Å². The van der Waals surface area contributed by atoms with Gasteiger partial charge >= 0.3 is 0 Å². The first-order valence-corrected chi connectivity index (χ1v) is 9.80. The van der Waals surface area contributed by atoms with Gasteiger partial charge in [-0.2, -0.15) is 0 Å². The Labute approximate surface area is 161 Å². The topological polar surface area (TPSA) is 71.7 Å². The van der Waals surface area contributed by atoms with Crippen molar-refractivity contribution in [2.24, 2.45) is 4.99 Å². The predicted molar refractivity (Wildman–Crippen MR) is 107 cm³/mol. The Morgan fingerprint density at radius 2 is 1.96 bits per heavy atom. The van der Waals surface area contributed by atoms with Gasteiger partial charge < -0.3 is 19.9 Å². The van der Waals surface area contributed by atoms with Crippen molar-refractivity contribution in [3.05, 3.63) is 47.3 Å². The van der Waals surface area contributed by atoms with E-state index in [0.717, 1.165) is 35.6 Å². The fourth-order valence-electron chi connectivity index (χ4n) is 3.21. The lowest BCUT2D eigenvalue weighted by Crippen LogP contribution is -2.36. The summed E-state index contributed by atoms with van der Waals surface area (Å²) in [6.07, 6.45) is 5.19. The van der Waals surface area contributed by atoms with Crippen LogP contribution in [0.2, 0.25) is 0 Å². The zero-order valence-corrected chi connectivity index (χ0v) is 16.5. The summed E-state index contributed by atoms with van der Waals surface area (Å²) in [6.45, 7) is 5.39. The number of hydrogen-bond acceptors (Lipinski definition) is 4. The third-order valence-electron chi connectivity index (χ3n) is 4.84. The van der Waals surface area contributed by atoms with E-state index in [9.17, 15) is 0 Å². The summed E-state index contributed by atoms with van der Waals surface area (Å²) < 4.78 is 11.6. The van der Waals surface area contributed by atoms with Crippen molar-refractivity contribution in [1.82, 2.24) is 15.8 Å². The van der Waals surface area contributed by atoms with Crippen LogP contribution in [0.5, 0.6) is 5.75 Å². The Bertz CT molecular complexity index is 748. The molecular formula is C21H30N4O2. The van der Waals surface area contributed by atoms with E-state index in [0.29, 0.717) is 31.1 Å². The van der Waals surface area contributed by atoms with Gasteiger partial charge in [0.25, 0.3) is 0 Å². The van der Waals surface area contributed by atoms with Gasteiger partial charge in [-0.05, 0) is 37.7 Å². The zero-order valence-electron chi connectivity index (χ0n) is 16.5. The molecule has 2 N–H and O–H groups in total. The van der Waals surface area contributed by atoms with Crippen molar-refractivity contribution >= 4 is 5.96 Å². The van der Waals surface area contributed by atoms with Crippen molar-refractivity contribution in [3.8, 4) is 5.75 Å². The van der Waals surface area contributed by atoms with Crippen LogP contribution in [0.3, 0.4) is 0 Å². The molecule has 27 heavy (non-hydrogen) atoms. The number of aromatic nitrogens is 1. The van der Waals surface area contributed by atoms with Crippen molar-refractivity contribution in [2.45, 2.75) is 64.6 Å². The molecule has 6 nitrogen and oxygen atoms in total. The summed E-state index contributed by atoms with van der Waals surface area (Å²) in [5.41, 5.74) is 2.10. The Morgan fingerprint density at radius 1 is 1.22 bits per heavy atom. The van der Waals surface area contributed by atoms with Crippen molar-refractivity contribution in [2.75, 3.05) is 7.05 Å². The molecule has 1 aliphatic rings. The number of rotatable bonds is 7. The third-order valence-corrected chi connectivity index (χ3v) is 4.84. The molecule has 1 aliphatic carbocycles. The van der Waals surface area contributed by atoms with E-state index in [1.54, 1.807) is 7.05 Å². The molecule has 0 spiro atoms. The highest BCUT2D eigenvalue weighted by Crippen LogP contribution is 2.26. The molecule has 0 atom stereocenters. The maximum atomic E-state index is 6.20. The summed E-state index contributed by atoms with van der Waals surface area (Å²) in [5.74, 6) is 2.83. The highest BCUT2D eigenvalue weighted by Gasteiger charge is 2.17. The molecule has 3 rings (SSSR count). The summed E-state index contributed by atoms with van der Waals surface area (Å²) in [7, 11) is 1.76. The molecule has 0 saturated heterocycles. The van der Waals surface area contributed by atoms with Gasteiger partial charge in [-0.15, -0.1) is 0 Å². The largest absolute Gasteiger partial charge is 0.490 e. The minimum atomic E-state index is 0.352. The van der Waals surface area contributed by atoms with E-state index in [2.05, 4.69) is 40.7 Å². The number of para-hydroxylation sites is 1. The number of nitrogens with zero attached hydrogens (tertiary/aromatic N) is 2. The lowest BCUT2D eigenvalue weighted by Gasteiger charge is -2.17. The van der Waals surface area contributed by atoms with Crippen LogP contribution in [0.25, 0.3) is 0 Å². The molecule has 0 bridgehead atoms. The number of benzene rings is 1. The first-order valence-electron chi connectivity index (χ1n) is 9.80. The molecule has 2 aromatic rings. The number of nitrogens with one attached hydrogen (secondary N) is 2. The highest BCUT2D eigenvalue weighted by molar-refractivity contribution is 5.79. The van der Waals surface area contributed by atoms with Crippen molar-refractivity contribution in [1.29, 1.82) is 0 Å². The maximum Gasteiger partial charge on any atom is 0.191 e. The molecule has 1 aromatic heterocycles. The van der Waals surface area contributed by atoms with E-state index in [4.69, 9.17) is 9.26 Å². The Morgan fingerprint density at radius 3 is 2.67 bits per heavy atom. The molecule has 0 radical (unpaired) electrons. The van der Waals surface area contributed by atoms with Crippen LogP contribution >= 0.6 is 0 Å². The summed E-state index contributed by atoms with van der Waals surface area (Å²) >= 11 is 0. The van der Waals surface area contributed by atoms with E-state index in [1.807, 2.05) is 24.3 Å². The van der Waals surface area contributed by atoms with Crippen molar-refractivity contribution in [3.63, 3.8) is 0 Å². The first kappa shape index (κ1) is 19.3. The van der Waals surface area contributed by atoms with Gasteiger partial charge in [-0.25, -0.2) is 0 Å². The maximum absolute atomic E-state index is 6.20. The average Bonchev–Trinajstić information content (AvgIpc) is 3.35. The molecule has 146 valence electrons. The highest BCUT2D eigenvalue weighted by atomic mass is 16.5. The summed E-state index contributed by atoms with van der Waals surface area (Å²) in [6, 6.07) is 10.2. The van der Waals surface area contributed by atoms with E-state index < -0.39 is 0 Å². The number of aliphatic imine (C=N–C) groups is 1. The van der Waals surface area contributed by atoms with Gasteiger partial charge in [0, 0.05) is 25.2 Å². The second-order valence-corrected chi connectivity index (χ2v) is 7.28. The minimum Gasteiger partial charge on any atom is -0.490 e. The van der Waals surface area contributed by atoms with Crippen LogP contribution in [0.4, 0.5) is 0 Å². The zero-order chi connectivity index (χ0) is 19.1. The van der Waals surface area contributed by atoms with Crippen LogP contribution in [0, 0.1) is 0 Å². The van der Waals surface area contributed by atoms with Gasteiger partial charge in [-0.3, -0.25) is 4.99 Å². The Balaban J connectivity index is 1.53. The fraction of sp³-hybridized carbons (Fsp3) is 0.524. The quantitative estimate of drug-likeness (QED) is 0.570. The Kier molecular flexibility index (Phi) is 6.74. The number of guanidine groups is 1. The second-order valence-electron chi connectivity index (χ2n) is 7.28. The van der Waals surface area contributed by atoms with Crippen LogP contribution in [0.15, 0.2) is 39.8 Å². The molecular weight excluding hydrogens is 340 g/mol. The summed E-state index contributed by atoms with van der Waals surface area (Å²) in [5, 5.41) is 10.7. The van der Waals surface area contributed by atoms with E-state index in [-0.39, 0.29) is 0 Å². The normalized spacial score (nSPS) is 15.3. The monoisotopic (exact) mass is 370 g/mol. The van der Waals surface area contributed by atoms with Gasteiger partial charge in [0.1, 0.15) is 5.75 Å². The molecule has 1 heterocycles. The smallest absolute Gasteiger partial charge is 0.191 e. The van der Waals surface area contributed by atoms with Crippen molar-refractivity contribution < 1.29 is 9.26 Å². The first-order chi connectivity index (χ1) is 13.2. The Hall–Kier alpha value is -2.50. The molecule has 1 saturated carbocycles. The predicted octanol–water partition coefficient (Wildman–Crippen LogP) is 3.98. The third kappa shape index (κ3) is 5.49. The lowest BCUT2D eigenvalue weighted by molar-refractivity contribution is 0.208. The van der Waals surface area contributed by atoms with Crippen LogP contribution < -0.4 is 15.4 Å². The molecule has 0 unspecified atom stereocenters. The molecule has 0 aliphatic heterocycles. The number of hydrogen-bond donors (Lipinski definition) is 2. The van der Waals surface area contributed by atoms with Gasteiger partial charge in [0.05, 0.1) is 18.3 Å².